The van der Waals surface area contributed by atoms with Crippen molar-refractivity contribution in [1.29, 1.82) is 0 Å². The minimum absolute atomic E-state index is 0.371. The van der Waals surface area contributed by atoms with Crippen molar-refractivity contribution in [2.75, 3.05) is 13.1 Å². The quantitative estimate of drug-likeness (QED) is 0.752. The first-order chi connectivity index (χ1) is 11.7. The standard InChI is InChI=1S/C17H19BrN4O3/c1-10-7-14(17(25)21(8-15(19)23)9-16(20)24)11(2)22(10)13-5-3-12(18)4-6-13/h3-7H,8-9H2,1-2H3,(H2,19,23)(H2,20,24). The Bertz CT molecular complexity index is 811. The van der Waals surface area contributed by atoms with E-state index in [1.807, 2.05) is 35.8 Å². The van der Waals surface area contributed by atoms with Gasteiger partial charge < -0.3 is 20.9 Å². The maximum atomic E-state index is 12.8. The Labute approximate surface area is 153 Å². The first kappa shape index (κ1) is 18.7. The van der Waals surface area contributed by atoms with Crippen LogP contribution in [-0.4, -0.2) is 40.3 Å². The predicted molar refractivity (Wildman–Crippen MR) is 97.2 cm³/mol. The monoisotopic (exact) mass is 406 g/mol. The van der Waals surface area contributed by atoms with E-state index in [4.69, 9.17) is 11.5 Å². The number of carbonyl (C=O) groups excluding carboxylic acids is 3. The van der Waals surface area contributed by atoms with Crippen molar-refractivity contribution in [3.8, 4) is 5.69 Å². The number of aryl methyl sites for hydroxylation is 1. The lowest BCUT2D eigenvalue weighted by Gasteiger charge is -2.19. The molecule has 25 heavy (non-hydrogen) atoms. The highest BCUT2D eigenvalue weighted by Gasteiger charge is 2.24. The van der Waals surface area contributed by atoms with E-state index in [1.165, 1.54) is 0 Å². The summed E-state index contributed by atoms with van der Waals surface area (Å²) in [6.45, 7) is 2.93. The number of primary amides is 2. The van der Waals surface area contributed by atoms with Crippen LogP contribution in [0.5, 0.6) is 0 Å². The van der Waals surface area contributed by atoms with E-state index in [1.54, 1.807) is 13.0 Å². The molecule has 0 fully saturated rings. The van der Waals surface area contributed by atoms with Gasteiger partial charge in [0.1, 0.15) is 13.1 Å². The van der Waals surface area contributed by atoms with Gasteiger partial charge in [-0.3, -0.25) is 14.4 Å². The molecular weight excluding hydrogens is 388 g/mol. The topological polar surface area (TPSA) is 111 Å². The third-order valence-electron chi connectivity index (χ3n) is 3.73. The fourth-order valence-corrected chi connectivity index (χ4v) is 2.98. The second-order valence-electron chi connectivity index (χ2n) is 5.69. The summed E-state index contributed by atoms with van der Waals surface area (Å²) in [7, 11) is 0. The van der Waals surface area contributed by atoms with Gasteiger partial charge >= 0.3 is 0 Å². The van der Waals surface area contributed by atoms with Gasteiger partial charge in [0, 0.05) is 21.5 Å². The molecule has 3 amide bonds. The van der Waals surface area contributed by atoms with Crippen LogP contribution in [-0.2, 0) is 9.59 Å². The molecule has 0 aliphatic rings. The van der Waals surface area contributed by atoms with Gasteiger partial charge in [-0.25, -0.2) is 0 Å². The van der Waals surface area contributed by atoms with Crippen molar-refractivity contribution in [2.45, 2.75) is 13.8 Å². The minimum Gasteiger partial charge on any atom is -0.368 e. The molecule has 2 aromatic rings. The number of nitrogens with zero attached hydrogens (tertiary/aromatic N) is 2. The normalized spacial score (nSPS) is 10.5. The molecule has 0 aliphatic heterocycles. The van der Waals surface area contributed by atoms with Crippen molar-refractivity contribution < 1.29 is 14.4 Å². The van der Waals surface area contributed by atoms with E-state index in [0.717, 1.165) is 20.8 Å². The molecule has 0 radical (unpaired) electrons. The highest BCUT2D eigenvalue weighted by molar-refractivity contribution is 9.10. The summed E-state index contributed by atoms with van der Waals surface area (Å²) >= 11 is 3.39. The molecule has 1 aromatic carbocycles. The summed E-state index contributed by atoms with van der Waals surface area (Å²) < 4.78 is 2.87. The fraction of sp³-hybridized carbons (Fsp3) is 0.235. The molecule has 0 aliphatic carbocycles. The van der Waals surface area contributed by atoms with Gasteiger partial charge in [0.2, 0.25) is 11.8 Å². The third kappa shape index (κ3) is 4.27. The Hall–Kier alpha value is -2.61. The first-order valence-corrected chi connectivity index (χ1v) is 8.30. The summed E-state index contributed by atoms with van der Waals surface area (Å²) in [5.74, 6) is -1.89. The van der Waals surface area contributed by atoms with Crippen LogP contribution in [0, 0.1) is 13.8 Å². The Balaban J connectivity index is 2.43. The number of nitrogens with two attached hydrogens (primary N) is 2. The van der Waals surface area contributed by atoms with Crippen LogP contribution in [0.4, 0.5) is 0 Å². The average Bonchev–Trinajstić information content (AvgIpc) is 2.81. The molecule has 4 N–H and O–H groups in total. The number of rotatable bonds is 6. The minimum atomic E-state index is -0.712. The number of hydrogen-bond acceptors (Lipinski definition) is 3. The number of amides is 3. The van der Waals surface area contributed by atoms with Crippen LogP contribution in [0.15, 0.2) is 34.8 Å². The van der Waals surface area contributed by atoms with Crippen molar-refractivity contribution in [1.82, 2.24) is 9.47 Å². The molecule has 0 bridgehead atoms. The molecule has 132 valence electrons. The molecular formula is C17H19BrN4O3. The maximum absolute atomic E-state index is 12.8. The molecule has 2 rings (SSSR count). The molecule has 8 heteroatoms. The lowest BCUT2D eigenvalue weighted by molar-refractivity contribution is -0.121. The number of halogens is 1. The average molecular weight is 407 g/mol. The van der Waals surface area contributed by atoms with Gasteiger partial charge in [0.05, 0.1) is 5.56 Å². The summed E-state index contributed by atoms with van der Waals surface area (Å²) in [5.41, 5.74) is 13.2. The highest BCUT2D eigenvalue weighted by Crippen LogP contribution is 2.23. The van der Waals surface area contributed by atoms with E-state index >= 15 is 0 Å². The van der Waals surface area contributed by atoms with E-state index in [2.05, 4.69) is 15.9 Å². The Kier molecular flexibility index (Phi) is 5.63. The summed E-state index contributed by atoms with van der Waals surface area (Å²) in [5, 5.41) is 0. The molecule has 0 atom stereocenters. The number of carbonyl (C=O) groups is 3. The maximum Gasteiger partial charge on any atom is 0.256 e. The number of aromatic nitrogens is 1. The van der Waals surface area contributed by atoms with Gasteiger partial charge in [0.25, 0.3) is 5.91 Å². The van der Waals surface area contributed by atoms with Crippen LogP contribution in [0.3, 0.4) is 0 Å². The zero-order chi connectivity index (χ0) is 18.7. The van der Waals surface area contributed by atoms with Gasteiger partial charge in [0.15, 0.2) is 0 Å². The van der Waals surface area contributed by atoms with E-state index in [9.17, 15) is 14.4 Å². The molecule has 0 saturated heterocycles. The highest BCUT2D eigenvalue weighted by atomic mass is 79.9. The zero-order valence-corrected chi connectivity index (χ0v) is 15.5. The Morgan fingerprint density at radius 3 is 2.04 bits per heavy atom. The van der Waals surface area contributed by atoms with Crippen molar-refractivity contribution in [3.63, 3.8) is 0 Å². The molecule has 1 heterocycles. The van der Waals surface area contributed by atoms with E-state index < -0.39 is 17.7 Å². The predicted octanol–water partition coefficient (Wildman–Crippen LogP) is 1.27. The second kappa shape index (κ2) is 7.52. The van der Waals surface area contributed by atoms with E-state index in [0.29, 0.717) is 11.3 Å². The van der Waals surface area contributed by atoms with Crippen molar-refractivity contribution in [3.05, 3.63) is 51.8 Å². The Morgan fingerprint density at radius 2 is 1.56 bits per heavy atom. The molecule has 0 unspecified atom stereocenters. The molecule has 1 aromatic heterocycles. The van der Waals surface area contributed by atoms with E-state index in [-0.39, 0.29) is 13.1 Å². The molecule has 0 spiro atoms. The third-order valence-corrected chi connectivity index (χ3v) is 4.26. The summed E-state index contributed by atoms with van der Waals surface area (Å²) in [6.07, 6.45) is 0. The van der Waals surface area contributed by atoms with Gasteiger partial charge in [-0.15, -0.1) is 0 Å². The van der Waals surface area contributed by atoms with Crippen LogP contribution in [0.25, 0.3) is 5.69 Å². The fourth-order valence-electron chi connectivity index (χ4n) is 2.71. The van der Waals surface area contributed by atoms with Crippen LogP contribution in [0.1, 0.15) is 21.7 Å². The second-order valence-corrected chi connectivity index (χ2v) is 6.61. The van der Waals surface area contributed by atoms with Crippen LogP contribution < -0.4 is 11.5 Å². The van der Waals surface area contributed by atoms with Crippen molar-refractivity contribution >= 4 is 33.7 Å². The summed E-state index contributed by atoms with van der Waals surface area (Å²) in [4.78, 5) is 36.2. The smallest absolute Gasteiger partial charge is 0.256 e. The lowest BCUT2D eigenvalue weighted by atomic mass is 10.2. The summed E-state index contributed by atoms with van der Waals surface area (Å²) in [6, 6.07) is 9.37. The zero-order valence-electron chi connectivity index (χ0n) is 14.0. The SMILES string of the molecule is Cc1cc(C(=O)N(CC(N)=O)CC(N)=O)c(C)n1-c1ccc(Br)cc1. The van der Waals surface area contributed by atoms with Gasteiger partial charge in [-0.2, -0.15) is 0 Å². The Morgan fingerprint density at radius 1 is 1.04 bits per heavy atom. The first-order valence-electron chi connectivity index (χ1n) is 7.51. The van der Waals surface area contributed by atoms with Gasteiger partial charge in [-0.1, -0.05) is 15.9 Å². The van der Waals surface area contributed by atoms with Crippen molar-refractivity contribution in [2.24, 2.45) is 11.5 Å². The van der Waals surface area contributed by atoms with Crippen LogP contribution >= 0.6 is 15.9 Å². The molecule has 7 nitrogen and oxygen atoms in total. The molecule has 0 saturated carbocycles. The lowest BCUT2D eigenvalue weighted by Crippen LogP contribution is -2.43. The van der Waals surface area contributed by atoms with Gasteiger partial charge in [-0.05, 0) is 44.2 Å². The number of hydrogen-bond donors (Lipinski definition) is 2. The van der Waals surface area contributed by atoms with Crippen LogP contribution in [0.2, 0.25) is 0 Å². The largest absolute Gasteiger partial charge is 0.368 e. The number of benzene rings is 1.